The van der Waals surface area contributed by atoms with E-state index in [2.05, 4.69) is 53.8 Å². The summed E-state index contributed by atoms with van der Waals surface area (Å²) in [7, 11) is 1.60. The molecule has 1 saturated carbocycles. The molecule has 0 atom stereocenters. The van der Waals surface area contributed by atoms with Crippen LogP contribution in [0.15, 0.2) is 90.6 Å². The number of aromatic nitrogens is 1. The molecule has 6 heteroatoms. The Hall–Kier alpha value is -4.00. The van der Waals surface area contributed by atoms with Gasteiger partial charge in [-0.1, -0.05) is 66.7 Å². The molecule has 2 aliphatic rings. The summed E-state index contributed by atoms with van der Waals surface area (Å²) in [5.41, 5.74) is 7.29. The van der Waals surface area contributed by atoms with Crippen molar-refractivity contribution in [2.45, 2.75) is 38.3 Å². The topological polar surface area (TPSA) is 63.6 Å². The van der Waals surface area contributed by atoms with Crippen molar-refractivity contribution in [2.75, 3.05) is 26.8 Å². The SMILES string of the molecule is COCCC(=O)n1cc(CN(C(=O)C2=C(c3cccc(-c4ccccc4)c3)CCNC2)C2CC2)c2ccccc21. The molecule has 2 heterocycles. The number of ether oxygens (including phenoxy) is 1. The third kappa shape index (κ3) is 5.37. The third-order valence-electron chi connectivity index (χ3n) is 7.97. The van der Waals surface area contributed by atoms with Gasteiger partial charge in [0, 0.05) is 43.4 Å². The van der Waals surface area contributed by atoms with Crippen LogP contribution in [0.3, 0.4) is 0 Å². The van der Waals surface area contributed by atoms with Crippen LogP contribution in [0.4, 0.5) is 0 Å². The fraction of sp³-hybridized carbons (Fsp3) is 0.294. The van der Waals surface area contributed by atoms with Crippen LogP contribution in [0, 0.1) is 0 Å². The second-order valence-electron chi connectivity index (χ2n) is 10.7. The van der Waals surface area contributed by atoms with Crippen molar-refractivity contribution in [1.82, 2.24) is 14.8 Å². The number of hydrogen-bond donors (Lipinski definition) is 1. The largest absolute Gasteiger partial charge is 0.384 e. The molecule has 3 aromatic carbocycles. The quantitative estimate of drug-likeness (QED) is 0.290. The van der Waals surface area contributed by atoms with Crippen molar-refractivity contribution < 1.29 is 14.3 Å². The normalized spacial score (nSPS) is 15.4. The predicted octanol–water partition coefficient (Wildman–Crippen LogP) is 5.92. The summed E-state index contributed by atoms with van der Waals surface area (Å²) in [6.45, 7) is 2.27. The van der Waals surface area contributed by atoms with E-state index in [1.165, 1.54) is 5.56 Å². The molecule has 1 N–H and O–H groups in total. The lowest BCUT2D eigenvalue weighted by Gasteiger charge is -2.28. The first-order valence-electron chi connectivity index (χ1n) is 14.1. The smallest absolute Gasteiger partial charge is 0.251 e. The van der Waals surface area contributed by atoms with Crippen LogP contribution in [0.1, 0.15) is 41.6 Å². The maximum atomic E-state index is 14.3. The van der Waals surface area contributed by atoms with E-state index in [1.54, 1.807) is 11.7 Å². The average Bonchev–Trinajstić information content (AvgIpc) is 3.79. The zero-order chi connectivity index (χ0) is 27.5. The number of fused-ring (bicyclic) bond motifs is 1. The number of nitrogens with one attached hydrogen (secondary N) is 1. The van der Waals surface area contributed by atoms with E-state index in [0.29, 0.717) is 26.1 Å². The van der Waals surface area contributed by atoms with Crippen LogP contribution in [-0.4, -0.2) is 54.1 Å². The van der Waals surface area contributed by atoms with Gasteiger partial charge in [0.15, 0.2) is 0 Å². The van der Waals surface area contributed by atoms with Crippen molar-refractivity contribution in [3.8, 4) is 11.1 Å². The second-order valence-corrected chi connectivity index (χ2v) is 10.7. The van der Waals surface area contributed by atoms with E-state index in [4.69, 9.17) is 4.74 Å². The predicted molar refractivity (Wildman–Crippen MR) is 159 cm³/mol. The van der Waals surface area contributed by atoms with E-state index < -0.39 is 0 Å². The molecule has 6 nitrogen and oxygen atoms in total. The van der Waals surface area contributed by atoms with Crippen molar-refractivity contribution in [1.29, 1.82) is 0 Å². The van der Waals surface area contributed by atoms with E-state index in [0.717, 1.165) is 64.5 Å². The Morgan fingerprint density at radius 1 is 0.950 bits per heavy atom. The summed E-state index contributed by atoms with van der Waals surface area (Å²) in [4.78, 5) is 29.3. The molecule has 0 unspecified atom stereocenters. The zero-order valence-electron chi connectivity index (χ0n) is 22.9. The molecule has 0 saturated heterocycles. The summed E-state index contributed by atoms with van der Waals surface area (Å²) < 4.78 is 6.86. The number of methoxy groups -OCH3 is 1. The highest BCUT2D eigenvalue weighted by Crippen LogP contribution is 2.35. The van der Waals surface area contributed by atoms with Crippen molar-refractivity contribution >= 4 is 28.3 Å². The number of rotatable bonds is 9. The maximum absolute atomic E-state index is 14.3. The molecule has 1 amide bonds. The lowest BCUT2D eigenvalue weighted by atomic mass is 9.91. The average molecular weight is 534 g/mol. The van der Waals surface area contributed by atoms with E-state index in [-0.39, 0.29) is 17.9 Å². The van der Waals surface area contributed by atoms with E-state index in [1.807, 2.05) is 41.4 Å². The van der Waals surface area contributed by atoms with E-state index >= 15 is 0 Å². The molecule has 204 valence electrons. The molecule has 1 aliphatic carbocycles. The highest BCUT2D eigenvalue weighted by Gasteiger charge is 2.36. The first kappa shape index (κ1) is 26.2. The Bertz CT molecular complexity index is 1570. The van der Waals surface area contributed by atoms with Gasteiger partial charge in [-0.3, -0.25) is 14.2 Å². The van der Waals surface area contributed by atoms with Crippen LogP contribution >= 0.6 is 0 Å². The van der Waals surface area contributed by atoms with Gasteiger partial charge in [-0.05, 0) is 65.8 Å². The number of amides is 1. The second kappa shape index (κ2) is 11.6. The van der Waals surface area contributed by atoms with Gasteiger partial charge in [-0.15, -0.1) is 0 Å². The molecule has 1 aromatic heterocycles. The van der Waals surface area contributed by atoms with Gasteiger partial charge in [-0.25, -0.2) is 0 Å². The minimum absolute atomic E-state index is 0.00614. The van der Waals surface area contributed by atoms with Gasteiger partial charge >= 0.3 is 0 Å². The lowest BCUT2D eigenvalue weighted by molar-refractivity contribution is -0.128. The Morgan fingerprint density at radius 3 is 2.50 bits per heavy atom. The molecule has 1 aliphatic heterocycles. The number of benzene rings is 3. The molecule has 1 fully saturated rings. The molecular weight excluding hydrogens is 498 g/mol. The Balaban J connectivity index is 1.34. The highest BCUT2D eigenvalue weighted by atomic mass is 16.5. The Labute approximate surface area is 235 Å². The van der Waals surface area contributed by atoms with Gasteiger partial charge in [0.05, 0.1) is 18.5 Å². The minimum atomic E-state index is -0.00614. The van der Waals surface area contributed by atoms with E-state index in [9.17, 15) is 9.59 Å². The van der Waals surface area contributed by atoms with Crippen molar-refractivity contribution in [2.24, 2.45) is 0 Å². The first-order valence-corrected chi connectivity index (χ1v) is 14.1. The fourth-order valence-electron chi connectivity index (χ4n) is 5.73. The maximum Gasteiger partial charge on any atom is 0.251 e. The minimum Gasteiger partial charge on any atom is -0.384 e. The standard InChI is InChI=1S/C34H35N3O3/c1-40-19-17-33(38)37-23-27(30-12-5-6-13-32(30)37)22-36(28-14-15-28)34(39)31-21-35-18-16-29(31)26-11-7-10-25(20-26)24-8-3-2-4-9-24/h2-13,20,23,28,35H,14-19,21-22H2,1H3. The Morgan fingerprint density at radius 2 is 1.70 bits per heavy atom. The number of hydrogen-bond acceptors (Lipinski definition) is 4. The molecule has 0 spiro atoms. The number of carbonyl (C=O) groups is 2. The van der Waals surface area contributed by atoms with Crippen molar-refractivity contribution in [3.63, 3.8) is 0 Å². The molecule has 0 radical (unpaired) electrons. The lowest BCUT2D eigenvalue weighted by Crippen LogP contribution is -2.39. The van der Waals surface area contributed by atoms with Gasteiger partial charge in [0.2, 0.25) is 5.91 Å². The summed E-state index contributed by atoms with van der Waals surface area (Å²) in [6, 6.07) is 27.1. The van der Waals surface area contributed by atoms with Crippen molar-refractivity contribution in [3.05, 3.63) is 102 Å². The third-order valence-corrected chi connectivity index (χ3v) is 7.97. The molecule has 0 bridgehead atoms. The molecule has 40 heavy (non-hydrogen) atoms. The monoisotopic (exact) mass is 533 g/mol. The van der Waals surface area contributed by atoms with Crippen LogP contribution in [0.2, 0.25) is 0 Å². The molecule has 4 aromatic rings. The summed E-state index contributed by atoms with van der Waals surface area (Å²) in [5, 5.41) is 4.45. The Kier molecular flexibility index (Phi) is 7.62. The van der Waals surface area contributed by atoms with Gasteiger partial charge in [-0.2, -0.15) is 0 Å². The molecule has 6 rings (SSSR count). The van der Waals surface area contributed by atoms with Crippen LogP contribution in [0.5, 0.6) is 0 Å². The number of carbonyl (C=O) groups excluding carboxylic acids is 2. The highest BCUT2D eigenvalue weighted by molar-refractivity contribution is 6.03. The number of nitrogens with zero attached hydrogens (tertiary/aromatic N) is 2. The first-order chi connectivity index (χ1) is 19.6. The number of para-hydroxylation sites is 1. The van der Waals surface area contributed by atoms with Gasteiger partial charge < -0.3 is 15.0 Å². The zero-order valence-corrected chi connectivity index (χ0v) is 22.9. The summed E-state index contributed by atoms with van der Waals surface area (Å²) in [5.74, 6) is 0.0886. The van der Waals surface area contributed by atoms with Gasteiger partial charge in [0.25, 0.3) is 5.91 Å². The van der Waals surface area contributed by atoms with Gasteiger partial charge in [0.1, 0.15) is 0 Å². The van der Waals surface area contributed by atoms with Crippen LogP contribution < -0.4 is 5.32 Å². The summed E-state index contributed by atoms with van der Waals surface area (Å²) in [6.07, 6.45) is 5.06. The fourth-order valence-corrected chi connectivity index (χ4v) is 5.73. The van der Waals surface area contributed by atoms with Crippen LogP contribution in [-0.2, 0) is 16.1 Å². The summed E-state index contributed by atoms with van der Waals surface area (Å²) >= 11 is 0. The van der Waals surface area contributed by atoms with Crippen LogP contribution in [0.25, 0.3) is 27.6 Å². The molecular formula is C34H35N3O3.